The number of benzene rings is 1. The van der Waals surface area contributed by atoms with Crippen LogP contribution in [-0.2, 0) is 0 Å². The number of thioether (sulfide) groups is 1. The van der Waals surface area contributed by atoms with Crippen LogP contribution in [-0.4, -0.2) is 29.9 Å². The molecule has 1 saturated heterocycles. The van der Waals surface area contributed by atoms with Gasteiger partial charge in [-0.15, -0.1) is 0 Å². The van der Waals surface area contributed by atoms with Crippen molar-refractivity contribution in [3.05, 3.63) is 29.8 Å². The maximum absolute atomic E-state index is 7.59. The van der Waals surface area contributed by atoms with Crippen LogP contribution >= 0.6 is 11.8 Å². The highest BCUT2D eigenvalue weighted by Gasteiger charge is 2.19. The molecule has 0 aromatic heterocycles. The Balaban J connectivity index is 2.28. The van der Waals surface area contributed by atoms with Crippen molar-refractivity contribution < 1.29 is 0 Å². The lowest BCUT2D eigenvalue weighted by Gasteiger charge is -2.33. The van der Waals surface area contributed by atoms with E-state index in [1.165, 1.54) is 0 Å². The predicted molar refractivity (Wildman–Crippen MR) is 71.6 cm³/mol. The molecule has 0 radical (unpaired) electrons. The molecular weight excluding hydrogens is 218 g/mol. The largest absolute Gasteiger partial charge is 0.384 e. The molecule has 3 N–H and O–H groups in total. The predicted octanol–water partition coefficient (Wildman–Crippen LogP) is 1.91. The molecule has 86 valence electrons. The zero-order chi connectivity index (χ0) is 11.5. The summed E-state index contributed by atoms with van der Waals surface area (Å²) < 4.78 is 0. The van der Waals surface area contributed by atoms with Gasteiger partial charge >= 0.3 is 0 Å². The summed E-state index contributed by atoms with van der Waals surface area (Å²) in [5.74, 6) is 1.30. The quantitative estimate of drug-likeness (QED) is 0.608. The summed E-state index contributed by atoms with van der Waals surface area (Å²) in [7, 11) is 0. The Morgan fingerprint density at radius 3 is 2.94 bits per heavy atom. The Morgan fingerprint density at radius 1 is 1.50 bits per heavy atom. The highest BCUT2D eigenvalue weighted by atomic mass is 32.2. The van der Waals surface area contributed by atoms with Crippen LogP contribution in [0.5, 0.6) is 0 Å². The highest BCUT2D eigenvalue weighted by Crippen LogP contribution is 2.26. The summed E-state index contributed by atoms with van der Waals surface area (Å²) in [6.45, 7) is 4.32. The number of nitrogens with one attached hydrogen (secondary N) is 1. The van der Waals surface area contributed by atoms with Gasteiger partial charge in [0.1, 0.15) is 5.84 Å². The van der Waals surface area contributed by atoms with Gasteiger partial charge in [0.15, 0.2) is 0 Å². The summed E-state index contributed by atoms with van der Waals surface area (Å²) in [5.41, 5.74) is 7.56. The molecule has 0 amide bonds. The van der Waals surface area contributed by atoms with Crippen molar-refractivity contribution in [3.8, 4) is 0 Å². The van der Waals surface area contributed by atoms with Crippen molar-refractivity contribution >= 4 is 23.3 Å². The maximum Gasteiger partial charge on any atom is 0.124 e. The zero-order valence-corrected chi connectivity index (χ0v) is 10.3. The van der Waals surface area contributed by atoms with Crippen LogP contribution in [0.2, 0.25) is 0 Å². The fraction of sp³-hybridized carbons (Fsp3) is 0.417. The second-order valence-electron chi connectivity index (χ2n) is 4.06. The van der Waals surface area contributed by atoms with Crippen molar-refractivity contribution in [2.24, 2.45) is 5.73 Å². The summed E-state index contributed by atoms with van der Waals surface area (Å²) in [4.78, 5) is 2.33. The summed E-state index contributed by atoms with van der Waals surface area (Å²) in [5, 5.41) is 8.24. The molecule has 1 aromatic rings. The summed E-state index contributed by atoms with van der Waals surface area (Å²) >= 11 is 2.00. The van der Waals surface area contributed by atoms with Gasteiger partial charge < -0.3 is 10.6 Å². The first-order valence-electron chi connectivity index (χ1n) is 5.48. The molecule has 1 heterocycles. The molecule has 1 aliphatic heterocycles. The highest BCUT2D eigenvalue weighted by molar-refractivity contribution is 8.00. The van der Waals surface area contributed by atoms with Crippen LogP contribution in [0.1, 0.15) is 12.5 Å². The Morgan fingerprint density at radius 2 is 2.25 bits per heavy atom. The van der Waals surface area contributed by atoms with Gasteiger partial charge in [-0.25, -0.2) is 0 Å². The van der Waals surface area contributed by atoms with E-state index in [2.05, 4.69) is 17.9 Å². The van der Waals surface area contributed by atoms with Crippen molar-refractivity contribution in [1.82, 2.24) is 0 Å². The van der Waals surface area contributed by atoms with E-state index in [-0.39, 0.29) is 5.84 Å². The number of hydrogen-bond acceptors (Lipinski definition) is 3. The second-order valence-corrected chi connectivity index (χ2v) is 5.60. The fourth-order valence-electron chi connectivity index (χ4n) is 2.01. The number of hydrogen-bond donors (Lipinski definition) is 2. The monoisotopic (exact) mass is 235 g/mol. The Hall–Kier alpha value is -1.16. The molecule has 3 nitrogen and oxygen atoms in total. The minimum Gasteiger partial charge on any atom is -0.384 e. The smallest absolute Gasteiger partial charge is 0.124 e. The van der Waals surface area contributed by atoms with E-state index in [0.29, 0.717) is 5.25 Å². The van der Waals surface area contributed by atoms with Gasteiger partial charge in [0.2, 0.25) is 0 Å². The SMILES string of the molecule is CC1CN(c2ccccc2C(=N)N)CCS1. The molecule has 1 unspecified atom stereocenters. The summed E-state index contributed by atoms with van der Waals surface area (Å²) in [6, 6.07) is 7.92. The lowest BCUT2D eigenvalue weighted by atomic mass is 10.1. The first-order chi connectivity index (χ1) is 7.68. The van der Waals surface area contributed by atoms with E-state index in [1.807, 2.05) is 30.0 Å². The Kier molecular flexibility index (Phi) is 3.39. The average Bonchev–Trinajstić information content (AvgIpc) is 2.29. The number of anilines is 1. The van der Waals surface area contributed by atoms with Crippen LogP contribution in [0.3, 0.4) is 0 Å². The minimum absolute atomic E-state index is 0.154. The molecule has 0 bridgehead atoms. The van der Waals surface area contributed by atoms with E-state index in [0.717, 1.165) is 30.1 Å². The summed E-state index contributed by atoms with van der Waals surface area (Å²) in [6.07, 6.45) is 0. The lowest BCUT2D eigenvalue weighted by molar-refractivity contribution is 0.782. The minimum atomic E-state index is 0.154. The van der Waals surface area contributed by atoms with Crippen molar-refractivity contribution in [2.45, 2.75) is 12.2 Å². The molecule has 1 aromatic carbocycles. The van der Waals surface area contributed by atoms with Crippen LogP contribution in [0.15, 0.2) is 24.3 Å². The molecule has 0 saturated carbocycles. The van der Waals surface area contributed by atoms with E-state index in [9.17, 15) is 0 Å². The number of para-hydroxylation sites is 1. The molecule has 1 atom stereocenters. The van der Waals surface area contributed by atoms with Gasteiger partial charge in [-0.2, -0.15) is 11.8 Å². The number of nitrogen functional groups attached to an aromatic ring is 1. The molecule has 4 heteroatoms. The number of rotatable bonds is 2. The third-order valence-corrected chi connectivity index (χ3v) is 3.91. The molecule has 16 heavy (non-hydrogen) atoms. The van der Waals surface area contributed by atoms with E-state index in [4.69, 9.17) is 11.1 Å². The van der Waals surface area contributed by atoms with Gasteiger partial charge in [-0.05, 0) is 12.1 Å². The van der Waals surface area contributed by atoms with Crippen molar-refractivity contribution in [3.63, 3.8) is 0 Å². The average molecular weight is 235 g/mol. The van der Waals surface area contributed by atoms with Gasteiger partial charge in [0.25, 0.3) is 0 Å². The Labute approximate surface area is 101 Å². The van der Waals surface area contributed by atoms with Gasteiger partial charge in [0.05, 0.1) is 0 Å². The number of nitrogens with zero attached hydrogens (tertiary/aromatic N) is 1. The van der Waals surface area contributed by atoms with Gasteiger partial charge in [-0.1, -0.05) is 19.1 Å². The van der Waals surface area contributed by atoms with Crippen LogP contribution in [0.4, 0.5) is 5.69 Å². The third-order valence-electron chi connectivity index (χ3n) is 2.78. The van der Waals surface area contributed by atoms with Crippen LogP contribution in [0, 0.1) is 5.41 Å². The van der Waals surface area contributed by atoms with E-state index in [1.54, 1.807) is 0 Å². The number of nitrogens with two attached hydrogens (primary N) is 1. The van der Waals surface area contributed by atoms with Crippen LogP contribution < -0.4 is 10.6 Å². The zero-order valence-electron chi connectivity index (χ0n) is 9.44. The van der Waals surface area contributed by atoms with Gasteiger partial charge in [-0.3, -0.25) is 5.41 Å². The molecule has 2 rings (SSSR count). The maximum atomic E-state index is 7.59. The Bertz CT molecular complexity index is 392. The third kappa shape index (κ3) is 2.32. The molecule has 1 aliphatic rings. The second kappa shape index (κ2) is 4.78. The fourth-order valence-corrected chi connectivity index (χ4v) is 3.03. The van der Waals surface area contributed by atoms with Crippen molar-refractivity contribution in [1.29, 1.82) is 5.41 Å². The lowest BCUT2D eigenvalue weighted by Crippen LogP contribution is -2.37. The first kappa shape index (κ1) is 11.3. The first-order valence-corrected chi connectivity index (χ1v) is 6.53. The molecule has 0 spiro atoms. The topological polar surface area (TPSA) is 53.1 Å². The molecule has 1 fully saturated rings. The van der Waals surface area contributed by atoms with Crippen LogP contribution in [0.25, 0.3) is 0 Å². The standard InChI is InChI=1S/C12H17N3S/c1-9-8-15(6-7-16-9)11-5-3-2-4-10(11)12(13)14/h2-5,9H,6-8H2,1H3,(H3,13,14). The van der Waals surface area contributed by atoms with E-state index < -0.39 is 0 Å². The molecular formula is C12H17N3S. The van der Waals surface area contributed by atoms with Crippen molar-refractivity contribution in [2.75, 3.05) is 23.7 Å². The van der Waals surface area contributed by atoms with E-state index >= 15 is 0 Å². The van der Waals surface area contributed by atoms with Gasteiger partial charge in [0, 0.05) is 35.3 Å². The normalized spacial score (nSPS) is 20.8. The number of amidine groups is 1. The molecule has 0 aliphatic carbocycles.